The van der Waals surface area contributed by atoms with Crippen LogP contribution < -0.4 is 0 Å². The molecule has 0 aliphatic heterocycles. The molecular weight excluding hydrogens is 419 g/mol. The molecule has 1 aliphatic rings. The van der Waals surface area contributed by atoms with Gasteiger partial charge >= 0.3 is 0 Å². The summed E-state index contributed by atoms with van der Waals surface area (Å²) in [5.41, 5.74) is 0. The first-order valence-electron chi connectivity index (χ1n) is 8.30. The molecule has 0 aromatic heterocycles. The molecule has 0 aromatic rings. The number of rotatable bonds is 4. The van der Waals surface area contributed by atoms with E-state index >= 15 is 0 Å². The van der Waals surface area contributed by atoms with Crippen molar-refractivity contribution in [2.24, 2.45) is 0 Å². The first-order chi connectivity index (χ1) is 9.57. The Morgan fingerprint density at radius 2 is 1.32 bits per heavy atom. The van der Waals surface area contributed by atoms with Crippen molar-refractivity contribution < 1.29 is 8.85 Å². The number of halogens is 1. The maximum atomic E-state index is 6.60. The fourth-order valence-corrected chi connectivity index (χ4v) is 5.54. The van der Waals surface area contributed by atoms with Gasteiger partial charge in [0.05, 0.1) is 12.2 Å². The van der Waals surface area contributed by atoms with E-state index in [1.807, 2.05) is 0 Å². The lowest BCUT2D eigenvalue weighted by Gasteiger charge is -2.40. The van der Waals surface area contributed by atoms with E-state index in [0.717, 1.165) is 6.42 Å². The highest BCUT2D eigenvalue weighted by Crippen LogP contribution is 2.43. The molecule has 0 spiro atoms. The molecule has 0 saturated carbocycles. The summed E-state index contributed by atoms with van der Waals surface area (Å²) in [6.07, 6.45) is 3.73. The highest BCUT2D eigenvalue weighted by atomic mass is 127. The van der Waals surface area contributed by atoms with E-state index in [0.29, 0.717) is 0 Å². The van der Waals surface area contributed by atoms with Crippen LogP contribution in [-0.2, 0) is 8.85 Å². The van der Waals surface area contributed by atoms with Gasteiger partial charge in [-0.05, 0) is 64.9 Å². The highest BCUT2D eigenvalue weighted by Gasteiger charge is 2.44. The van der Waals surface area contributed by atoms with E-state index < -0.39 is 16.6 Å². The third-order valence-corrected chi connectivity index (χ3v) is 15.6. The predicted octanol–water partition coefficient (Wildman–Crippen LogP) is 6.49. The van der Waals surface area contributed by atoms with Crippen molar-refractivity contribution in [2.75, 3.05) is 0 Å². The van der Waals surface area contributed by atoms with Crippen LogP contribution in [0.1, 0.15) is 48.0 Å². The quantitative estimate of drug-likeness (QED) is 0.357. The van der Waals surface area contributed by atoms with E-state index in [4.69, 9.17) is 8.85 Å². The van der Waals surface area contributed by atoms with Crippen molar-refractivity contribution in [1.82, 2.24) is 0 Å². The fraction of sp³-hybridized carbons (Fsp3) is 0.882. The van der Waals surface area contributed by atoms with E-state index in [1.54, 1.807) is 0 Å². The minimum absolute atomic E-state index is 0.225. The highest BCUT2D eigenvalue weighted by molar-refractivity contribution is 14.1. The van der Waals surface area contributed by atoms with Crippen molar-refractivity contribution in [3.8, 4) is 0 Å². The standard InChI is InChI=1S/C17H35IO2Si2/c1-16(2,3)21(7,8)19-13-11-14(18)15(12-13)20-22(9,10)17(4,5)6/h11,13,15H,12H2,1-10H3/t13-,15-/m0/s1. The molecule has 0 N–H and O–H groups in total. The van der Waals surface area contributed by atoms with Crippen LogP contribution in [0.15, 0.2) is 9.66 Å². The summed E-state index contributed by atoms with van der Waals surface area (Å²) in [5, 5.41) is 0.507. The molecule has 0 amide bonds. The molecule has 0 bridgehead atoms. The van der Waals surface area contributed by atoms with Crippen molar-refractivity contribution in [1.29, 1.82) is 0 Å². The summed E-state index contributed by atoms with van der Waals surface area (Å²) in [6, 6.07) is 0. The van der Waals surface area contributed by atoms with E-state index in [-0.39, 0.29) is 22.3 Å². The topological polar surface area (TPSA) is 18.5 Å². The zero-order chi connectivity index (χ0) is 17.6. The second kappa shape index (κ2) is 6.61. The fourth-order valence-electron chi connectivity index (χ4n) is 1.95. The number of hydrogen-bond donors (Lipinski definition) is 0. The van der Waals surface area contributed by atoms with Gasteiger partial charge in [-0.1, -0.05) is 41.5 Å². The van der Waals surface area contributed by atoms with Crippen molar-refractivity contribution >= 4 is 39.2 Å². The summed E-state index contributed by atoms with van der Waals surface area (Å²) < 4.78 is 14.5. The van der Waals surface area contributed by atoms with Crippen LogP contribution in [0, 0.1) is 0 Å². The van der Waals surface area contributed by atoms with Crippen LogP contribution in [0.5, 0.6) is 0 Å². The Balaban J connectivity index is 2.75. The Kier molecular flexibility index (Phi) is 6.27. The van der Waals surface area contributed by atoms with E-state index in [1.165, 1.54) is 3.58 Å². The van der Waals surface area contributed by atoms with Crippen LogP contribution in [0.3, 0.4) is 0 Å². The SMILES string of the molecule is CC(C)(C)[Si](C)(C)O[C@H]1C[C@@H](O[Si](C)(C)C(C)(C)C)C=C1I. The van der Waals surface area contributed by atoms with Gasteiger partial charge in [-0.25, -0.2) is 0 Å². The first kappa shape index (κ1) is 20.9. The van der Waals surface area contributed by atoms with Gasteiger partial charge in [0, 0.05) is 10.0 Å². The summed E-state index contributed by atoms with van der Waals surface area (Å²) in [6.45, 7) is 23.1. The van der Waals surface area contributed by atoms with Gasteiger partial charge in [-0.15, -0.1) is 0 Å². The first-order valence-corrected chi connectivity index (χ1v) is 15.2. The molecule has 1 aliphatic carbocycles. The average molecular weight is 455 g/mol. The summed E-state index contributed by atoms with van der Waals surface area (Å²) in [7, 11) is -3.44. The lowest BCUT2D eigenvalue weighted by atomic mass is 10.2. The maximum absolute atomic E-state index is 6.60. The Bertz CT molecular complexity index is 431. The largest absolute Gasteiger partial charge is 0.410 e. The van der Waals surface area contributed by atoms with E-state index in [2.05, 4.69) is 96.4 Å². The monoisotopic (exact) mass is 454 g/mol. The minimum Gasteiger partial charge on any atom is -0.410 e. The van der Waals surface area contributed by atoms with Crippen LogP contribution in [-0.4, -0.2) is 28.8 Å². The Labute approximate surface area is 153 Å². The van der Waals surface area contributed by atoms with Crippen LogP contribution >= 0.6 is 22.6 Å². The Morgan fingerprint density at radius 1 is 0.909 bits per heavy atom. The molecular formula is C17H35IO2Si2. The molecule has 0 saturated heterocycles. The van der Waals surface area contributed by atoms with Crippen LogP contribution in [0.4, 0.5) is 0 Å². The van der Waals surface area contributed by atoms with Crippen LogP contribution in [0.25, 0.3) is 0 Å². The minimum atomic E-state index is -1.73. The average Bonchev–Trinajstić information content (AvgIpc) is 2.53. The predicted molar refractivity (Wildman–Crippen MR) is 111 cm³/mol. The summed E-state index contributed by atoms with van der Waals surface area (Å²) in [5.74, 6) is 0. The molecule has 22 heavy (non-hydrogen) atoms. The molecule has 5 heteroatoms. The molecule has 0 aromatic carbocycles. The van der Waals surface area contributed by atoms with Gasteiger partial charge in [0.2, 0.25) is 0 Å². The second-order valence-electron chi connectivity index (χ2n) is 9.57. The Hall–Kier alpha value is 0.824. The molecule has 0 heterocycles. The lowest BCUT2D eigenvalue weighted by Crippen LogP contribution is -2.45. The normalized spacial score (nSPS) is 24.6. The molecule has 2 atom stereocenters. The van der Waals surface area contributed by atoms with Gasteiger partial charge in [-0.3, -0.25) is 0 Å². The zero-order valence-corrected chi connectivity index (χ0v) is 20.3. The second-order valence-corrected chi connectivity index (χ2v) is 20.3. The summed E-state index contributed by atoms with van der Waals surface area (Å²) in [4.78, 5) is 0. The third-order valence-electron chi connectivity index (χ3n) is 5.59. The Morgan fingerprint density at radius 3 is 1.73 bits per heavy atom. The van der Waals surface area contributed by atoms with Gasteiger partial charge in [0.15, 0.2) is 16.6 Å². The molecule has 0 fully saturated rings. The number of hydrogen-bond acceptors (Lipinski definition) is 2. The van der Waals surface area contributed by atoms with Crippen LogP contribution in [0.2, 0.25) is 36.3 Å². The summed E-state index contributed by atoms with van der Waals surface area (Å²) >= 11 is 2.44. The van der Waals surface area contributed by atoms with Gasteiger partial charge in [0.25, 0.3) is 0 Å². The maximum Gasteiger partial charge on any atom is 0.192 e. The molecule has 130 valence electrons. The van der Waals surface area contributed by atoms with Crippen molar-refractivity contribution in [3.05, 3.63) is 9.66 Å². The van der Waals surface area contributed by atoms with Gasteiger partial charge < -0.3 is 8.85 Å². The third kappa shape index (κ3) is 4.91. The lowest BCUT2D eigenvalue weighted by molar-refractivity contribution is 0.158. The van der Waals surface area contributed by atoms with Gasteiger partial charge in [-0.2, -0.15) is 0 Å². The van der Waals surface area contributed by atoms with Crippen molar-refractivity contribution in [3.63, 3.8) is 0 Å². The van der Waals surface area contributed by atoms with Crippen molar-refractivity contribution in [2.45, 2.75) is 96.4 Å². The molecule has 2 nitrogen and oxygen atoms in total. The van der Waals surface area contributed by atoms with Gasteiger partial charge in [0.1, 0.15) is 0 Å². The molecule has 0 radical (unpaired) electrons. The molecule has 0 unspecified atom stereocenters. The van der Waals surface area contributed by atoms with E-state index in [9.17, 15) is 0 Å². The zero-order valence-electron chi connectivity index (χ0n) is 16.1. The molecule has 1 rings (SSSR count). The smallest absolute Gasteiger partial charge is 0.192 e.